The van der Waals surface area contributed by atoms with Crippen LogP contribution in [-0.4, -0.2) is 22.2 Å². The molecule has 0 unspecified atom stereocenters. The molecular weight excluding hydrogens is 346 g/mol. The third-order valence-electron chi connectivity index (χ3n) is 4.20. The summed E-state index contributed by atoms with van der Waals surface area (Å²) in [5, 5.41) is 14.3. The lowest BCUT2D eigenvalue weighted by Gasteiger charge is -2.10. The molecule has 130 valence electrons. The first-order chi connectivity index (χ1) is 12.7. The van der Waals surface area contributed by atoms with Crippen LogP contribution in [0.15, 0.2) is 54.9 Å². The van der Waals surface area contributed by atoms with E-state index in [4.69, 9.17) is 4.74 Å². The van der Waals surface area contributed by atoms with Crippen LogP contribution in [0.1, 0.15) is 4.88 Å². The average Bonchev–Trinajstić information content (AvgIpc) is 3.00. The highest BCUT2D eigenvalue weighted by Crippen LogP contribution is 2.41. The molecule has 0 bridgehead atoms. The number of benzene rings is 2. The number of methoxy groups -OCH3 is 1. The number of phenols is 1. The van der Waals surface area contributed by atoms with E-state index in [1.807, 2.05) is 36.4 Å². The van der Waals surface area contributed by atoms with Gasteiger partial charge in [0.1, 0.15) is 28.5 Å². The van der Waals surface area contributed by atoms with Gasteiger partial charge in [0.05, 0.1) is 18.2 Å². The Hall–Kier alpha value is -3.12. The summed E-state index contributed by atoms with van der Waals surface area (Å²) in [4.78, 5) is 10.9. The van der Waals surface area contributed by atoms with Gasteiger partial charge in [-0.3, -0.25) is 0 Å². The summed E-state index contributed by atoms with van der Waals surface area (Å²) in [5.74, 6) is 1.67. The van der Waals surface area contributed by atoms with Crippen LogP contribution in [0.2, 0.25) is 0 Å². The smallest absolute Gasteiger partial charge is 0.143 e. The third kappa shape index (κ3) is 2.84. The number of rotatable bonds is 4. The monoisotopic (exact) mass is 363 g/mol. The number of para-hydroxylation sites is 2. The highest BCUT2D eigenvalue weighted by atomic mass is 32.1. The zero-order valence-electron chi connectivity index (χ0n) is 14.4. The number of nitrogens with one attached hydrogen (secondary N) is 1. The Morgan fingerprint density at radius 3 is 2.54 bits per heavy atom. The van der Waals surface area contributed by atoms with E-state index in [9.17, 15) is 5.11 Å². The normalized spacial score (nSPS) is 10.8. The Kier molecular flexibility index (Phi) is 4.18. The fourth-order valence-corrected chi connectivity index (χ4v) is 3.96. The number of nitrogens with zero attached hydrogens (tertiary/aromatic N) is 2. The third-order valence-corrected chi connectivity index (χ3v) is 5.21. The summed E-state index contributed by atoms with van der Waals surface area (Å²) in [7, 11) is 1.66. The number of fused-ring (bicyclic) bond motifs is 1. The largest absolute Gasteiger partial charge is 0.506 e. The van der Waals surface area contributed by atoms with Crippen molar-refractivity contribution in [2.45, 2.75) is 6.92 Å². The average molecular weight is 363 g/mol. The molecule has 4 rings (SSSR count). The van der Waals surface area contributed by atoms with Crippen LogP contribution in [0, 0.1) is 6.92 Å². The van der Waals surface area contributed by atoms with E-state index in [-0.39, 0.29) is 5.75 Å². The molecule has 0 spiro atoms. The van der Waals surface area contributed by atoms with E-state index >= 15 is 0 Å². The molecule has 6 heteroatoms. The summed E-state index contributed by atoms with van der Waals surface area (Å²) >= 11 is 1.63. The second kappa shape index (κ2) is 6.65. The number of anilines is 2. The molecule has 0 saturated heterocycles. The molecule has 0 radical (unpaired) electrons. The highest BCUT2D eigenvalue weighted by molar-refractivity contribution is 7.19. The summed E-state index contributed by atoms with van der Waals surface area (Å²) in [5.41, 5.74) is 2.77. The van der Waals surface area contributed by atoms with Crippen molar-refractivity contribution in [3.8, 4) is 22.6 Å². The SMILES string of the molecule is COc1ccc(-c2c(C)sc3ncnc(Nc4ccccc4O)c23)cc1. The number of aromatic nitrogens is 2. The van der Waals surface area contributed by atoms with Crippen molar-refractivity contribution < 1.29 is 9.84 Å². The molecule has 2 heterocycles. The summed E-state index contributed by atoms with van der Waals surface area (Å²) in [6.07, 6.45) is 1.54. The molecule has 2 N–H and O–H groups in total. The van der Waals surface area contributed by atoms with Crippen LogP contribution >= 0.6 is 11.3 Å². The first kappa shape index (κ1) is 16.4. The number of hydrogen-bond acceptors (Lipinski definition) is 6. The summed E-state index contributed by atoms with van der Waals surface area (Å²) < 4.78 is 5.26. The van der Waals surface area contributed by atoms with Crippen molar-refractivity contribution in [3.05, 3.63) is 59.7 Å². The van der Waals surface area contributed by atoms with Crippen LogP contribution in [-0.2, 0) is 0 Å². The van der Waals surface area contributed by atoms with Crippen molar-refractivity contribution in [1.82, 2.24) is 9.97 Å². The Morgan fingerprint density at radius 2 is 1.81 bits per heavy atom. The zero-order valence-corrected chi connectivity index (χ0v) is 15.2. The topological polar surface area (TPSA) is 67.3 Å². The van der Waals surface area contributed by atoms with Gasteiger partial charge >= 0.3 is 0 Å². The Labute approximate surface area is 154 Å². The molecular formula is C20H17N3O2S. The van der Waals surface area contributed by atoms with Crippen LogP contribution in [0.25, 0.3) is 21.3 Å². The van der Waals surface area contributed by atoms with Gasteiger partial charge < -0.3 is 15.2 Å². The van der Waals surface area contributed by atoms with Gasteiger partial charge in [0.2, 0.25) is 0 Å². The number of hydrogen-bond donors (Lipinski definition) is 2. The fraction of sp³-hybridized carbons (Fsp3) is 0.100. The lowest BCUT2D eigenvalue weighted by Crippen LogP contribution is -1.96. The van der Waals surface area contributed by atoms with E-state index in [0.29, 0.717) is 11.5 Å². The van der Waals surface area contributed by atoms with Crippen molar-refractivity contribution >= 4 is 33.1 Å². The van der Waals surface area contributed by atoms with Crippen LogP contribution in [0.5, 0.6) is 11.5 Å². The summed E-state index contributed by atoms with van der Waals surface area (Å²) in [6.45, 7) is 2.08. The predicted molar refractivity (Wildman–Crippen MR) is 106 cm³/mol. The maximum Gasteiger partial charge on any atom is 0.143 e. The predicted octanol–water partition coefficient (Wildman–Crippen LogP) is 5.12. The lowest BCUT2D eigenvalue weighted by atomic mass is 10.0. The molecule has 0 aliphatic rings. The van der Waals surface area contributed by atoms with Gasteiger partial charge in [-0.25, -0.2) is 9.97 Å². The van der Waals surface area contributed by atoms with E-state index in [0.717, 1.165) is 32.0 Å². The van der Waals surface area contributed by atoms with Gasteiger partial charge in [-0.2, -0.15) is 0 Å². The first-order valence-corrected chi connectivity index (χ1v) is 8.92. The molecule has 4 aromatic rings. The Balaban J connectivity index is 1.88. The molecule has 26 heavy (non-hydrogen) atoms. The maximum absolute atomic E-state index is 10.1. The molecule has 0 aliphatic heterocycles. The van der Waals surface area contributed by atoms with Crippen LogP contribution in [0.3, 0.4) is 0 Å². The quantitative estimate of drug-likeness (QED) is 0.492. The second-order valence-corrected chi connectivity index (χ2v) is 7.01. The van der Waals surface area contributed by atoms with Crippen LogP contribution in [0.4, 0.5) is 11.5 Å². The van der Waals surface area contributed by atoms with Gasteiger partial charge in [-0.1, -0.05) is 24.3 Å². The minimum Gasteiger partial charge on any atom is -0.506 e. The minimum absolute atomic E-state index is 0.178. The number of aromatic hydroxyl groups is 1. The van der Waals surface area contributed by atoms with E-state index < -0.39 is 0 Å². The van der Waals surface area contributed by atoms with Crippen molar-refractivity contribution in [3.63, 3.8) is 0 Å². The molecule has 2 aromatic heterocycles. The maximum atomic E-state index is 10.1. The number of aryl methyl sites for hydroxylation is 1. The van der Waals surface area contributed by atoms with Crippen molar-refractivity contribution in [1.29, 1.82) is 0 Å². The highest BCUT2D eigenvalue weighted by Gasteiger charge is 2.17. The van der Waals surface area contributed by atoms with E-state index in [1.165, 1.54) is 0 Å². The van der Waals surface area contributed by atoms with E-state index in [2.05, 4.69) is 22.2 Å². The number of thiophene rings is 1. The van der Waals surface area contributed by atoms with E-state index in [1.54, 1.807) is 36.9 Å². The molecule has 0 saturated carbocycles. The Bertz CT molecular complexity index is 1070. The van der Waals surface area contributed by atoms with Gasteiger partial charge in [-0.05, 0) is 36.8 Å². The van der Waals surface area contributed by atoms with Crippen molar-refractivity contribution in [2.24, 2.45) is 0 Å². The zero-order chi connectivity index (χ0) is 18.1. The molecule has 0 amide bonds. The molecule has 0 fully saturated rings. The van der Waals surface area contributed by atoms with Crippen LogP contribution < -0.4 is 10.1 Å². The van der Waals surface area contributed by atoms with Crippen molar-refractivity contribution in [2.75, 3.05) is 12.4 Å². The first-order valence-electron chi connectivity index (χ1n) is 8.11. The molecule has 5 nitrogen and oxygen atoms in total. The molecule has 0 atom stereocenters. The number of ether oxygens (including phenoxy) is 1. The lowest BCUT2D eigenvalue weighted by molar-refractivity contribution is 0.415. The fourth-order valence-electron chi connectivity index (χ4n) is 2.95. The second-order valence-electron chi connectivity index (χ2n) is 5.81. The van der Waals surface area contributed by atoms with Gasteiger partial charge in [-0.15, -0.1) is 11.3 Å². The van der Waals surface area contributed by atoms with Gasteiger partial charge in [0, 0.05) is 10.4 Å². The number of phenolic OH excluding ortho intramolecular Hbond substituents is 1. The minimum atomic E-state index is 0.178. The molecule has 0 aliphatic carbocycles. The summed E-state index contributed by atoms with van der Waals surface area (Å²) in [6, 6.07) is 15.1. The van der Waals surface area contributed by atoms with Gasteiger partial charge in [0.15, 0.2) is 0 Å². The van der Waals surface area contributed by atoms with Gasteiger partial charge in [0.25, 0.3) is 0 Å². The Morgan fingerprint density at radius 1 is 1.04 bits per heavy atom. The standard InChI is InChI=1S/C20H17N3O2S/c1-12-17(13-7-9-14(25-2)10-8-13)18-19(21-11-22-20(18)26-12)23-15-5-3-4-6-16(15)24/h3-11,24H,1-2H3,(H,21,22,23). The molecule has 2 aromatic carbocycles.